The second-order valence-electron chi connectivity index (χ2n) is 7.16. The Morgan fingerprint density at radius 3 is 2.72 bits per heavy atom. The molecule has 3 heterocycles. The molecule has 0 fully saturated rings. The number of anilines is 2. The van der Waals surface area contributed by atoms with Crippen molar-refractivity contribution in [1.82, 2.24) is 24.4 Å². The summed E-state index contributed by atoms with van der Waals surface area (Å²) in [5, 5.41) is 12.1. The van der Waals surface area contributed by atoms with Crippen molar-refractivity contribution >= 4 is 23.3 Å². The van der Waals surface area contributed by atoms with Crippen LogP contribution in [0.1, 0.15) is 24.2 Å². The number of methoxy groups -OCH3 is 1. The zero-order valence-electron chi connectivity index (χ0n) is 16.5. The number of rotatable bonds is 6. The predicted octanol–water partition coefficient (Wildman–Crippen LogP) is 3.78. The Kier molecular flexibility index (Phi) is 4.99. The molecule has 0 amide bonds. The van der Waals surface area contributed by atoms with Crippen LogP contribution in [0.4, 0.5) is 11.6 Å². The van der Waals surface area contributed by atoms with Crippen molar-refractivity contribution in [3.63, 3.8) is 0 Å². The number of benzene rings is 1. The largest absolute Gasteiger partial charge is 0.465 e. The van der Waals surface area contributed by atoms with Gasteiger partial charge in [0.25, 0.3) is 0 Å². The van der Waals surface area contributed by atoms with E-state index >= 15 is 0 Å². The van der Waals surface area contributed by atoms with Crippen molar-refractivity contribution in [2.75, 3.05) is 12.4 Å². The van der Waals surface area contributed by atoms with Crippen LogP contribution in [0.15, 0.2) is 55.0 Å². The summed E-state index contributed by atoms with van der Waals surface area (Å²) < 4.78 is 8.40. The van der Waals surface area contributed by atoms with Crippen molar-refractivity contribution in [2.45, 2.75) is 20.4 Å². The van der Waals surface area contributed by atoms with E-state index < -0.39 is 0 Å². The maximum atomic E-state index is 11.6. The molecule has 0 saturated carbocycles. The van der Waals surface area contributed by atoms with Gasteiger partial charge in [-0.25, -0.2) is 9.31 Å². The van der Waals surface area contributed by atoms with Crippen molar-refractivity contribution in [2.24, 2.45) is 5.92 Å². The van der Waals surface area contributed by atoms with Crippen molar-refractivity contribution in [3.05, 3.63) is 60.6 Å². The third-order valence-electron chi connectivity index (χ3n) is 4.42. The van der Waals surface area contributed by atoms with E-state index in [4.69, 9.17) is 4.74 Å². The summed E-state index contributed by atoms with van der Waals surface area (Å²) >= 11 is 0. The van der Waals surface area contributed by atoms with Crippen LogP contribution in [0.3, 0.4) is 0 Å². The summed E-state index contributed by atoms with van der Waals surface area (Å²) in [6.45, 7) is 5.19. The van der Waals surface area contributed by atoms with Crippen molar-refractivity contribution in [3.8, 4) is 11.1 Å². The van der Waals surface area contributed by atoms with Gasteiger partial charge in [0.05, 0.1) is 18.9 Å². The van der Waals surface area contributed by atoms with Crippen LogP contribution in [0.2, 0.25) is 0 Å². The first-order valence-electron chi connectivity index (χ1n) is 9.37. The number of pyridine rings is 1. The molecule has 148 valence electrons. The van der Waals surface area contributed by atoms with Gasteiger partial charge < -0.3 is 10.1 Å². The van der Waals surface area contributed by atoms with Crippen molar-refractivity contribution in [1.29, 1.82) is 0 Å². The Morgan fingerprint density at radius 1 is 1.21 bits per heavy atom. The van der Waals surface area contributed by atoms with Crippen LogP contribution in [-0.4, -0.2) is 37.5 Å². The Balaban J connectivity index is 1.61. The molecule has 0 aliphatic carbocycles. The molecule has 1 aromatic carbocycles. The molecule has 8 nitrogen and oxygen atoms in total. The van der Waals surface area contributed by atoms with Gasteiger partial charge in [-0.15, -0.1) is 5.10 Å². The first-order chi connectivity index (χ1) is 14.0. The highest BCUT2D eigenvalue weighted by molar-refractivity contribution is 5.89. The molecule has 0 atom stereocenters. The number of nitrogens with one attached hydrogen (secondary N) is 1. The smallest absolute Gasteiger partial charge is 0.337 e. The number of hydrogen-bond acceptors (Lipinski definition) is 6. The molecule has 0 aliphatic heterocycles. The Bertz CT molecular complexity index is 1140. The first-order valence-corrected chi connectivity index (χ1v) is 9.37. The molecule has 0 unspecified atom stereocenters. The summed E-state index contributed by atoms with van der Waals surface area (Å²) in [4.78, 5) is 16.2. The highest BCUT2D eigenvalue weighted by atomic mass is 16.5. The normalized spacial score (nSPS) is 11.2. The molecule has 0 aliphatic rings. The minimum atomic E-state index is -0.370. The number of ether oxygens (including phenoxy) is 1. The minimum Gasteiger partial charge on any atom is -0.465 e. The van der Waals surface area contributed by atoms with E-state index in [1.807, 2.05) is 35.4 Å². The molecular formula is C21H22N6O2. The maximum Gasteiger partial charge on any atom is 0.337 e. The second-order valence-corrected chi connectivity index (χ2v) is 7.16. The zero-order valence-corrected chi connectivity index (χ0v) is 16.5. The topological polar surface area (TPSA) is 86.3 Å². The second kappa shape index (κ2) is 7.75. The lowest BCUT2D eigenvalue weighted by atomic mass is 10.1. The number of carbonyl (C=O) groups is 1. The predicted molar refractivity (Wildman–Crippen MR) is 110 cm³/mol. The monoisotopic (exact) mass is 390 g/mol. The number of carbonyl (C=O) groups excluding carboxylic acids is 1. The molecule has 4 rings (SSSR count). The lowest BCUT2D eigenvalue weighted by Gasteiger charge is -2.03. The molecule has 0 radical (unpaired) electrons. The van der Waals surface area contributed by atoms with E-state index in [-0.39, 0.29) is 5.97 Å². The number of nitrogens with zero attached hydrogens (tertiary/aromatic N) is 5. The molecular weight excluding hydrogens is 368 g/mol. The van der Waals surface area contributed by atoms with E-state index in [9.17, 15) is 4.79 Å². The van der Waals surface area contributed by atoms with Crippen molar-refractivity contribution < 1.29 is 9.53 Å². The summed E-state index contributed by atoms with van der Waals surface area (Å²) in [7, 11) is 1.36. The molecule has 0 spiro atoms. The average Bonchev–Trinajstić information content (AvgIpc) is 3.33. The molecule has 1 N–H and O–H groups in total. The SMILES string of the molecule is COC(=O)c1ccc(Nc2nc3c(-c4cnn(CC(C)C)c4)cccn3n2)cc1. The van der Waals surface area contributed by atoms with Gasteiger partial charge in [0.15, 0.2) is 5.65 Å². The van der Waals surface area contributed by atoms with E-state index in [1.165, 1.54) is 7.11 Å². The maximum absolute atomic E-state index is 11.6. The van der Waals surface area contributed by atoms with Crippen LogP contribution in [0.25, 0.3) is 16.8 Å². The summed E-state index contributed by atoms with van der Waals surface area (Å²) in [5.74, 6) is 0.621. The Hall–Kier alpha value is -3.68. The number of fused-ring (bicyclic) bond motifs is 1. The molecule has 0 saturated heterocycles. The highest BCUT2D eigenvalue weighted by Crippen LogP contribution is 2.25. The third kappa shape index (κ3) is 3.96. The van der Waals surface area contributed by atoms with E-state index in [0.717, 1.165) is 29.0 Å². The van der Waals surface area contributed by atoms with Crippen LogP contribution in [0.5, 0.6) is 0 Å². The first kappa shape index (κ1) is 18.7. The number of esters is 1. The Morgan fingerprint density at radius 2 is 2.00 bits per heavy atom. The molecule has 3 aromatic heterocycles. The van der Waals surface area contributed by atoms with Gasteiger partial charge in [0.1, 0.15) is 0 Å². The lowest BCUT2D eigenvalue weighted by Crippen LogP contribution is -2.04. The number of aromatic nitrogens is 5. The quantitative estimate of drug-likeness (QED) is 0.504. The fourth-order valence-electron chi connectivity index (χ4n) is 3.10. The van der Waals surface area contributed by atoms with Crippen LogP contribution in [0, 0.1) is 5.92 Å². The van der Waals surface area contributed by atoms with E-state index in [2.05, 4.69) is 34.3 Å². The fraction of sp³-hybridized carbons (Fsp3) is 0.238. The molecule has 0 bridgehead atoms. The van der Waals surface area contributed by atoms with Gasteiger partial charge in [0.2, 0.25) is 5.95 Å². The van der Waals surface area contributed by atoms with E-state index in [0.29, 0.717) is 17.4 Å². The zero-order chi connectivity index (χ0) is 20.4. The third-order valence-corrected chi connectivity index (χ3v) is 4.42. The summed E-state index contributed by atoms with van der Waals surface area (Å²) in [6.07, 6.45) is 5.74. The lowest BCUT2D eigenvalue weighted by molar-refractivity contribution is 0.0601. The molecule has 8 heteroatoms. The average molecular weight is 390 g/mol. The van der Waals surface area contributed by atoms with Gasteiger partial charge >= 0.3 is 5.97 Å². The van der Waals surface area contributed by atoms with Gasteiger partial charge in [-0.2, -0.15) is 10.1 Å². The molecule has 4 aromatic rings. The van der Waals surface area contributed by atoms with E-state index in [1.54, 1.807) is 28.8 Å². The van der Waals surface area contributed by atoms with Gasteiger partial charge in [-0.05, 0) is 42.3 Å². The number of hydrogen-bond donors (Lipinski definition) is 1. The van der Waals surface area contributed by atoms with Crippen LogP contribution >= 0.6 is 0 Å². The summed E-state index contributed by atoms with van der Waals surface area (Å²) in [6, 6.07) is 10.9. The molecule has 29 heavy (non-hydrogen) atoms. The van der Waals surface area contributed by atoms with Gasteiger partial charge in [-0.3, -0.25) is 4.68 Å². The Labute approximate surface area is 168 Å². The van der Waals surface area contributed by atoms with Crippen LogP contribution < -0.4 is 5.32 Å². The van der Waals surface area contributed by atoms with Gasteiger partial charge in [-0.1, -0.05) is 13.8 Å². The standard InChI is InChI=1S/C21H22N6O2/c1-14(2)12-26-13-16(11-22-26)18-5-4-10-27-19(18)24-21(25-27)23-17-8-6-15(7-9-17)20(28)29-3/h4-11,13-14H,12H2,1-3H3,(H,23,25). The minimum absolute atomic E-state index is 0.370. The van der Waals surface area contributed by atoms with Gasteiger partial charge in [0, 0.05) is 35.8 Å². The highest BCUT2D eigenvalue weighted by Gasteiger charge is 2.12. The van der Waals surface area contributed by atoms with Crippen LogP contribution in [-0.2, 0) is 11.3 Å². The fourth-order valence-corrected chi connectivity index (χ4v) is 3.10. The summed E-state index contributed by atoms with van der Waals surface area (Å²) in [5.41, 5.74) is 3.97.